The van der Waals surface area contributed by atoms with E-state index >= 15 is 0 Å². The number of halogens is 1. The molecule has 0 radical (unpaired) electrons. The monoisotopic (exact) mass is 244 g/mol. The quantitative estimate of drug-likeness (QED) is 0.890. The molecule has 0 aromatic carbocycles. The van der Waals surface area contributed by atoms with Crippen LogP contribution in [0.1, 0.15) is 20.3 Å². The number of nitrogens with two attached hydrogens (primary N) is 1. The van der Waals surface area contributed by atoms with E-state index in [0.717, 1.165) is 10.9 Å². The largest absolute Gasteiger partial charge is 0.487 e. The van der Waals surface area contributed by atoms with Gasteiger partial charge < -0.3 is 10.5 Å². The van der Waals surface area contributed by atoms with E-state index in [-0.39, 0.29) is 6.10 Å². The molecule has 0 saturated heterocycles. The number of hydrogen-bond donors (Lipinski definition) is 1. The van der Waals surface area contributed by atoms with Crippen molar-refractivity contribution in [3.05, 3.63) is 16.7 Å². The molecule has 1 aromatic rings. The van der Waals surface area contributed by atoms with Crippen LogP contribution < -0.4 is 10.5 Å². The molecule has 1 heterocycles. The van der Waals surface area contributed by atoms with E-state index < -0.39 is 0 Å². The van der Waals surface area contributed by atoms with E-state index in [1.54, 1.807) is 6.20 Å². The summed E-state index contributed by atoms with van der Waals surface area (Å²) < 4.78 is 6.43. The zero-order chi connectivity index (χ0) is 9.84. The Morgan fingerprint density at radius 1 is 1.69 bits per heavy atom. The molecule has 0 aliphatic carbocycles. The third-order valence-electron chi connectivity index (χ3n) is 1.75. The summed E-state index contributed by atoms with van der Waals surface area (Å²) in [6.07, 6.45) is 2.77. The summed E-state index contributed by atoms with van der Waals surface area (Å²) in [5.74, 6) is 1.08. The fraction of sp³-hybridized carbons (Fsp3) is 0.444. The lowest BCUT2D eigenvalue weighted by Crippen LogP contribution is -2.11. The molecule has 1 aromatic heterocycles. The van der Waals surface area contributed by atoms with Gasteiger partial charge in [-0.15, -0.1) is 0 Å². The van der Waals surface area contributed by atoms with E-state index in [1.165, 1.54) is 0 Å². The second-order valence-electron chi connectivity index (χ2n) is 2.87. The SMILES string of the molecule is CCC(C)Oc1cc(Br)cnc1N. The highest BCUT2D eigenvalue weighted by Gasteiger charge is 2.06. The number of rotatable bonds is 3. The fourth-order valence-corrected chi connectivity index (χ4v) is 1.14. The Morgan fingerprint density at radius 3 is 3.00 bits per heavy atom. The zero-order valence-electron chi connectivity index (χ0n) is 7.75. The number of nitrogen functional groups attached to an aromatic ring is 1. The van der Waals surface area contributed by atoms with Gasteiger partial charge in [-0.25, -0.2) is 4.98 Å². The van der Waals surface area contributed by atoms with Gasteiger partial charge >= 0.3 is 0 Å². The van der Waals surface area contributed by atoms with Crippen molar-refractivity contribution in [3.63, 3.8) is 0 Å². The lowest BCUT2D eigenvalue weighted by atomic mass is 10.3. The average molecular weight is 245 g/mol. The summed E-state index contributed by atoms with van der Waals surface area (Å²) in [5, 5.41) is 0. The number of anilines is 1. The summed E-state index contributed by atoms with van der Waals surface area (Å²) in [6.45, 7) is 4.06. The summed E-state index contributed by atoms with van der Waals surface area (Å²) in [7, 11) is 0. The molecule has 0 bridgehead atoms. The van der Waals surface area contributed by atoms with Crippen molar-refractivity contribution in [1.82, 2.24) is 4.98 Å². The lowest BCUT2D eigenvalue weighted by Gasteiger charge is -2.13. The molecule has 1 rings (SSSR count). The van der Waals surface area contributed by atoms with Gasteiger partial charge in [0.25, 0.3) is 0 Å². The van der Waals surface area contributed by atoms with Gasteiger partial charge in [-0.2, -0.15) is 0 Å². The highest BCUT2D eigenvalue weighted by Crippen LogP contribution is 2.24. The van der Waals surface area contributed by atoms with Crippen LogP contribution in [-0.2, 0) is 0 Å². The Morgan fingerprint density at radius 2 is 2.38 bits per heavy atom. The van der Waals surface area contributed by atoms with E-state index in [4.69, 9.17) is 10.5 Å². The van der Waals surface area contributed by atoms with Gasteiger partial charge in [-0.05, 0) is 35.3 Å². The summed E-state index contributed by atoms with van der Waals surface area (Å²) >= 11 is 3.31. The number of aromatic nitrogens is 1. The van der Waals surface area contributed by atoms with Crippen LogP contribution in [0.3, 0.4) is 0 Å². The maximum Gasteiger partial charge on any atom is 0.166 e. The maximum absolute atomic E-state index is 5.64. The highest BCUT2D eigenvalue weighted by molar-refractivity contribution is 9.10. The van der Waals surface area contributed by atoms with Crippen molar-refractivity contribution >= 4 is 21.7 Å². The molecule has 0 saturated carbocycles. The number of hydrogen-bond acceptors (Lipinski definition) is 3. The molecule has 13 heavy (non-hydrogen) atoms. The minimum atomic E-state index is 0.165. The Hall–Kier alpha value is -0.770. The molecule has 0 fully saturated rings. The molecule has 3 nitrogen and oxygen atoms in total. The van der Waals surface area contributed by atoms with Crippen LogP contribution in [0, 0.1) is 0 Å². The lowest BCUT2D eigenvalue weighted by molar-refractivity contribution is 0.218. The van der Waals surface area contributed by atoms with Crippen LogP contribution in [-0.4, -0.2) is 11.1 Å². The van der Waals surface area contributed by atoms with E-state index in [2.05, 4.69) is 27.8 Å². The first-order valence-corrected chi connectivity index (χ1v) is 5.00. The van der Waals surface area contributed by atoms with Crippen LogP contribution in [0.15, 0.2) is 16.7 Å². The Balaban J connectivity index is 2.81. The molecule has 2 N–H and O–H groups in total. The minimum absolute atomic E-state index is 0.165. The molecule has 0 amide bonds. The predicted molar refractivity (Wildman–Crippen MR) is 56.7 cm³/mol. The van der Waals surface area contributed by atoms with Gasteiger partial charge in [0.05, 0.1) is 6.10 Å². The molecule has 72 valence electrons. The van der Waals surface area contributed by atoms with Crippen molar-refractivity contribution in [1.29, 1.82) is 0 Å². The Kier molecular flexibility index (Phi) is 3.54. The van der Waals surface area contributed by atoms with E-state index in [0.29, 0.717) is 11.6 Å². The average Bonchev–Trinajstić information content (AvgIpc) is 2.11. The topological polar surface area (TPSA) is 48.1 Å². The van der Waals surface area contributed by atoms with Gasteiger partial charge in [-0.1, -0.05) is 6.92 Å². The zero-order valence-corrected chi connectivity index (χ0v) is 9.34. The molecule has 0 aliphatic rings. The van der Waals surface area contributed by atoms with Gasteiger partial charge in [0.2, 0.25) is 0 Å². The van der Waals surface area contributed by atoms with Crippen molar-refractivity contribution in [2.75, 3.05) is 5.73 Å². The third kappa shape index (κ3) is 2.88. The predicted octanol–water partition coefficient (Wildman–Crippen LogP) is 2.60. The van der Waals surface area contributed by atoms with Crippen molar-refractivity contribution in [2.24, 2.45) is 0 Å². The second kappa shape index (κ2) is 4.46. The first kappa shape index (κ1) is 10.3. The fourth-order valence-electron chi connectivity index (χ4n) is 0.826. The van der Waals surface area contributed by atoms with Crippen LogP contribution in [0.4, 0.5) is 5.82 Å². The third-order valence-corrected chi connectivity index (χ3v) is 2.19. The molecular formula is C9H13BrN2O. The summed E-state index contributed by atoms with van der Waals surface area (Å²) in [4.78, 5) is 3.97. The van der Waals surface area contributed by atoms with Gasteiger partial charge in [-0.3, -0.25) is 0 Å². The molecule has 0 aliphatic heterocycles. The van der Waals surface area contributed by atoms with Crippen LogP contribution in [0.25, 0.3) is 0 Å². The number of ether oxygens (including phenoxy) is 1. The van der Waals surface area contributed by atoms with Crippen molar-refractivity contribution in [2.45, 2.75) is 26.4 Å². The molecule has 1 unspecified atom stereocenters. The first-order valence-electron chi connectivity index (χ1n) is 4.21. The van der Waals surface area contributed by atoms with Crippen LogP contribution in [0.5, 0.6) is 5.75 Å². The molecule has 1 atom stereocenters. The molecule has 0 spiro atoms. The van der Waals surface area contributed by atoms with Gasteiger partial charge in [0.1, 0.15) is 0 Å². The van der Waals surface area contributed by atoms with Gasteiger partial charge in [0.15, 0.2) is 11.6 Å². The Bertz CT molecular complexity index is 291. The molecular weight excluding hydrogens is 232 g/mol. The maximum atomic E-state index is 5.64. The van der Waals surface area contributed by atoms with E-state index in [1.807, 2.05) is 13.0 Å². The highest BCUT2D eigenvalue weighted by atomic mass is 79.9. The van der Waals surface area contributed by atoms with Crippen LogP contribution in [0.2, 0.25) is 0 Å². The minimum Gasteiger partial charge on any atom is -0.487 e. The summed E-state index contributed by atoms with van der Waals surface area (Å²) in [6, 6.07) is 1.83. The number of pyridine rings is 1. The van der Waals surface area contributed by atoms with Crippen LogP contribution >= 0.6 is 15.9 Å². The normalized spacial score (nSPS) is 12.5. The van der Waals surface area contributed by atoms with Gasteiger partial charge in [0, 0.05) is 10.7 Å². The Labute approximate surface area is 86.4 Å². The van der Waals surface area contributed by atoms with Crippen molar-refractivity contribution in [3.8, 4) is 5.75 Å². The molecule has 4 heteroatoms. The number of nitrogens with zero attached hydrogens (tertiary/aromatic N) is 1. The first-order chi connectivity index (χ1) is 6.13. The summed E-state index contributed by atoms with van der Waals surface area (Å²) in [5.41, 5.74) is 5.64. The second-order valence-corrected chi connectivity index (χ2v) is 3.79. The smallest absolute Gasteiger partial charge is 0.166 e. The van der Waals surface area contributed by atoms with Crippen molar-refractivity contribution < 1.29 is 4.74 Å². The standard InChI is InChI=1S/C9H13BrN2O/c1-3-6(2)13-8-4-7(10)5-12-9(8)11/h4-6H,3H2,1-2H3,(H2,11,12). The van der Waals surface area contributed by atoms with E-state index in [9.17, 15) is 0 Å².